The van der Waals surface area contributed by atoms with E-state index in [1.165, 1.54) is 16.5 Å². The summed E-state index contributed by atoms with van der Waals surface area (Å²) in [5.41, 5.74) is 3.36. The first-order valence-corrected chi connectivity index (χ1v) is 5.58. The number of benzene rings is 1. The van der Waals surface area contributed by atoms with Gasteiger partial charge in [-0.3, -0.25) is 0 Å². The van der Waals surface area contributed by atoms with Gasteiger partial charge < -0.3 is 14.8 Å². The van der Waals surface area contributed by atoms with Crippen LogP contribution in [-0.4, -0.2) is 10.1 Å². The van der Waals surface area contributed by atoms with Crippen LogP contribution in [0.4, 0.5) is 0 Å². The van der Waals surface area contributed by atoms with Crippen molar-refractivity contribution in [3.63, 3.8) is 0 Å². The molecule has 2 heterocycles. The number of aromatic nitrogens is 2. The van der Waals surface area contributed by atoms with E-state index in [-0.39, 0.29) is 0 Å². The molecule has 4 nitrogen and oxygen atoms in total. The summed E-state index contributed by atoms with van der Waals surface area (Å²) in [5.74, 6) is 0. The van der Waals surface area contributed by atoms with Gasteiger partial charge in [-0.2, -0.15) is 0 Å². The lowest BCUT2D eigenvalue weighted by molar-refractivity contribution is 0.408. The van der Waals surface area contributed by atoms with E-state index in [4.69, 9.17) is 4.52 Å². The van der Waals surface area contributed by atoms with Crippen molar-refractivity contribution in [2.75, 3.05) is 0 Å². The molecule has 0 atom stereocenters. The third-order valence-electron chi connectivity index (χ3n) is 2.79. The monoisotopic (exact) mass is 227 g/mol. The average Bonchev–Trinajstić information content (AvgIpc) is 2.99. The smallest absolute Gasteiger partial charge is 0.124 e. The Morgan fingerprint density at radius 1 is 1.18 bits per heavy atom. The van der Waals surface area contributed by atoms with Crippen LogP contribution in [0.25, 0.3) is 10.9 Å². The Morgan fingerprint density at radius 3 is 3.00 bits per heavy atom. The molecule has 0 spiro atoms. The van der Waals surface area contributed by atoms with Crippen LogP contribution in [0.3, 0.4) is 0 Å². The molecule has 3 aromatic rings. The molecule has 0 saturated carbocycles. The van der Waals surface area contributed by atoms with Crippen LogP contribution < -0.4 is 5.32 Å². The summed E-state index contributed by atoms with van der Waals surface area (Å²) in [6.45, 7) is 1.53. The molecule has 0 unspecified atom stereocenters. The summed E-state index contributed by atoms with van der Waals surface area (Å²) in [5, 5.41) is 8.46. The van der Waals surface area contributed by atoms with Gasteiger partial charge in [0, 0.05) is 36.3 Å². The Morgan fingerprint density at radius 2 is 2.12 bits per heavy atom. The zero-order valence-corrected chi connectivity index (χ0v) is 9.31. The van der Waals surface area contributed by atoms with Crippen molar-refractivity contribution in [1.82, 2.24) is 15.5 Å². The Balaban J connectivity index is 1.69. The number of nitrogens with one attached hydrogen (secondary N) is 2. The number of para-hydroxylation sites is 1. The topological polar surface area (TPSA) is 53.9 Å². The number of rotatable bonds is 4. The Labute approximate surface area is 98.6 Å². The molecule has 2 aromatic heterocycles. The maximum atomic E-state index is 4.78. The maximum absolute atomic E-state index is 4.78. The van der Waals surface area contributed by atoms with Gasteiger partial charge in [-0.1, -0.05) is 23.4 Å². The van der Waals surface area contributed by atoms with Crippen LogP contribution >= 0.6 is 0 Å². The van der Waals surface area contributed by atoms with Crippen molar-refractivity contribution in [3.05, 3.63) is 54.0 Å². The molecule has 0 amide bonds. The second-order valence-electron chi connectivity index (χ2n) is 3.95. The Hall–Kier alpha value is -2.07. The van der Waals surface area contributed by atoms with E-state index >= 15 is 0 Å². The summed E-state index contributed by atoms with van der Waals surface area (Å²) in [7, 11) is 0. The van der Waals surface area contributed by atoms with Crippen molar-refractivity contribution in [2.24, 2.45) is 0 Å². The standard InChI is InChI=1S/C13H13N3O/c1-2-4-13-12(3-1)10(8-15-13)7-14-9-11-5-6-17-16-11/h1-6,8,14-15H,7,9H2. The van der Waals surface area contributed by atoms with Crippen molar-refractivity contribution in [2.45, 2.75) is 13.1 Å². The summed E-state index contributed by atoms with van der Waals surface area (Å²) < 4.78 is 4.78. The lowest BCUT2D eigenvalue weighted by Gasteiger charge is -2.00. The number of H-pyrrole nitrogens is 1. The predicted molar refractivity (Wildman–Crippen MR) is 65.3 cm³/mol. The van der Waals surface area contributed by atoms with E-state index in [1.807, 2.05) is 18.3 Å². The number of hydrogen-bond donors (Lipinski definition) is 2. The lowest BCUT2D eigenvalue weighted by Crippen LogP contribution is -2.12. The fourth-order valence-electron chi connectivity index (χ4n) is 1.93. The van der Waals surface area contributed by atoms with E-state index in [2.05, 4.69) is 33.7 Å². The highest BCUT2D eigenvalue weighted by molar-refractivity contribution is 5.82. The fraction of sp³-hybridized carbons (Fsp3) is 0.154. The molecule has 0 bridgehead atoms. The molecule has 2 N–H and O–H groups in total. The minimum absolute atomic E-state index is 0.718. The average molecular weight is 227 g/mol. The van der Waals surface area contributed by atoms with Crippen LogP contribution in [0, 0.1) is 0 Å². The van der Waals surface area contributed by atoms with Crippen LogP contribution in [-0.2, 0) is 13.1 Å². The van der Waals surface area contributed by atoms with E-state index < -0.39 is 0 Å². The minimum atomic E-state index is 0.718. The van der Waals surface area contributed by atoms with Gasteiger partial charge in [-0.25, -0.2) is 0 Å². The van der Waals surface area contributed by atoms with Crippen molar-refractivity contribution >= 4 is 10.9 Å². The van der Waals surface area contributed by atoms with Crippen LogP contribution in [0.1, 0.15) is 11.3 Å². The third-order valence-corrected chi connectivity index (χ3v) is 2.79. The largest absolute Gasteiger partial charge is 0.364 e. The quantitative estimate of drug-likeness (QED) is 0.719. The Kier molecular flexibility index (Phi) is 2.63. The molecule has 0 saturated heterocycles. The molecular weight excluding hydrogens is 214 g/mol. The molecular formula is C13H13N3O. The van der Waals surface area contributed by atoms with Gasteiger partial charge in [0.05, 0.1) is 5.69 Å². The van der Waals surface area contributed by atoms with Crippen LogP contribution in [0.5, 0.6) is 0 Å². The van der Waals surface area contributed by atoms with E-state index in [1.54, 1.807) is 6.26 Å². The summed E-state index contributed by atoms with van der Waals surface area (Å²) in [4.78, 5) is 3.26. The highest BCUT2D eigenvalue weighted by atomic mass is 16.5. The van der Waals surface area contributed by atoms with E-state index in [0.29, 0.717) is 0 Å². The molecule has 0 aliphatic rings. The van der Waals surface area contributed by atoms with E-state index in [9.17, 15) is 0 Å². The molecule has 1 aromatic carbocycles. The third kappa shape index (κ3) is 2.07. The zero-order valence-electron chi connectivity index (χ0n) is 9.31. The van der Waals surface area contributed by atoms with Gasteiger partial charge in [-0.15, -0.1) is 0 Å². The molecule has 86 valence electrons. The summed E-state index contributed by atoms with van der Waals surface area (Å²) >= 11 is 0. The number of fused-ring (bicyclic) bond motifs is 1. The van der Waals surface area contributed by atoms with Crippen LogP contribution in [0.2, 0.25) is 0 Å². The van der Waals surface area contributed by atoms with Gasteiger partial charge in [0.25, 0.3) is 0 Å². The second kappa shape index (κ2) is 4.43. The van der Waals surface area contributed by atoms with Crippen molar-refractivity contribution in [1.29, 1.82) is 0 Å². The molecule has 3 rings (SSSR count). The van der Waals surface area contributed by atoms with Gasteiger partial charge in [0.2, 0.25) is 0 Å². The normalized spacial score (nSPS) is 11.1. The first-order chi connectivity index (χ1) is 8.43. The molecule has 0 aliphatic carbocycles. The zero-order chi connectivity index (χ0) is 11.5. The van der Waals surface area contributed by atoms with Gasteiger partial charge in [0.15, 0.2) is 0 Å². The molecule has 17 heavy (non-hydrogen) atoms. The lowest BCUT2D eigenvalue weighted by atomic mass is 10.2. The summed E-state index contributed by atoms with van der Waals surface area (Å²) in [6, 6.07) is 10.2. The fourth-order valence-corrected chi connectivity index (χ4v) is 1.93. The van der Waals surface area contributed by atoms with Crippen molar-refractivity contribution in [3.8, 4) is 0 Å². The maximum Gasteiger partial charge on any atom is 0.124 e. The highest BCUT2D eigenvalue weighted by Crippen LogP contribution is 2.17. The van der Waals surface area contributed by atoms with Crippen molar-refractivity contribution < 1.29 is 4.52 Å². The molecule has 0 radical (unpaired) electrons. The first kappa shape index (κ1) is 10.1. The van der Waals surface area contributed by atoms with E-state index in [0.717, 1.165) is 18.8 Å². The molecule has 0 aliphatic heterocycles. The van der Waals surface area contributed by atoms with Gasteiger partial charge >= 0.3 is 0 Å². The Bertz CT molecular complexity index is 598. The predicted octanol–water partition coefficient (Wildman–Crippen LogP) is 2.45. The number of hydrogen-bond acceptors (Lipinski definition) is 3. The molecule has 0 fully saturated rings. The highest BCUT2D eigenvalue weighted by Gasteiger charge is 2.02. The van der Waals surface area contributed by atoms with Gasteiger partial charge in [-0.05, 0) is 11.6 Å². The van der Waals surface area contributed by atoms with Gasteiger partial charge in [0.1, 0.15) is 6.26 Å². The first-order valence-electron chi connectivity index (χ1n) is 5.58. The second-order valence-corrected chi connectivity index (χ2v) is 3.95. The number of nitrogens with zero attached hydrogens (tertiary/aromatic N) is 1. The van der Waals surface area contributed by atoms with Crippen LogP contribution in [0.15, 0.2) is 47.3 Å². The summed E-state index contributed by atoms with van der Waals surface area (Å²) in [6.07, 6.45) is 3.63. The molecule has 4 heteroatoms. The number of aromatic amines is 1. The SMILES string of the molecule is c1ccc2c(CNCc3ccon3)c[nH]c2c1. The minimum Gasteiger partial charge on any atom is -0.364 e.